The van der Waals surface area contributed by atoms with Crippen LogP contribution in [0, 0.1) is 0 Å². The number of carbonyl (C=O) groups excluding carboxylic acids is 1. The van der Waals surface area contributed by atoms with Crippen LogP contribution in [0.5, 0.6) is 0 Å². The van der Waals surface area contributed by atoms with E-state index in [1.807, 2.05) is 0 Å². The summed E-state index contributed by atoms with van der Waals surface area (Å²) in [7, 11) is 0. The van der Waals surface area contributed by atoms with Gasteiger partial charge in [0.2, 0.25) is 5.95 Å². The van der Waals surface area contributed by atoms with Crippen molar-refractivity contribution >= 4 is 11.9 Å². The average Bonchev–Trinajstić information content (AvgIpc) is 3.04. The Hall–Kier alpha value is -1.65. The molecule has 0 unspecified atom stereocenters. The molecule has 2 N–H and O–H groups in total. The van der Waals surface area contributed by atoms with Crippen molar-refractivity contribution in [2.45, 2.75) is 50.6 Å². The van der Waals surface area contributed by atoms with Crippen molar-refractivity contribution < 1.29 is 4.79 Å². The van der Waals surface area contributed by atoms with Crippen molar-refractivity contribution in [2.75, 3.05) is 5.32 Å². The lowest BCUT2D eigenvalue weighted by atomic mass is 10.2. The Labute approximate surface area is 106 Å². The molecule has 2 saturated carbocycles. The molecule has 0 saturated heterocycles. The molecule has 3 rings (SSSR count). The van der Waals surface area contributed by atoms with Gasteiger partial charge in [-0.3, -0.25) is 4.79 Å². The Morgan fingerprint density at radius 3 is 2.33 bits per heavy atom. The fourth-order valence-corrected chi connectivity index (χ4v) is 2.27. The van der Waals surface area contributed by atoms with E-state index in [-0.39, 0.29) is 5.91 Å². The summed E-state index contributed by atoms with van der Waals surface area (Å²) in [6, 6.07) is 0.866. The molecule has 0 spiro atoms. The second kappa shape index (κ2) is 4.92. The molecule has 2 aliphatic carbocycles. The molecule has 0 radical (unpaired) electrons. The van der Waals surface area contributed by atoms with Crippen LogP contribution in [-0.4, -0.2) is 28.0 Å². The van der Waals surface area contributed by atoms with Crippen molar-refractivity contribution in [3.8, 4) is 0 Å². The molecule has 0 bridgehead atoms. The lowest BCUT2D eigenvalue weighted by Crippen LogP contribution is -2.32. The number of carbonyl (C=O) groups is 1. The van der Waals surface area contributed by atoms with Gasteiger partial charge in [-0.25, -0.2) is 9.97 Å². The van der Waals surface area contributed by atoms with Crippen LogP contribution in [0.1, 0.15) is 48.9 Å². The van der Waals surface area contributed by atoms with Gasteiger partial charge in [-0.1, -0.05) is 12.8 Å². The monoisotopic (exact) mass is 246 g/mol. The SMILES string of the molecule is O=C(NC1CCCC1)c1cnc(NC2CC2)nc1. The lowest BCUT2D eigenvalue weighted by molar-refractivity contribution is 0.0937. The molecular weight excluding hydrogens is 228 g/mol. The van der Waals surface area contributed by atoms with Gasteiger partial charge >= 0.3 is 0 Å². The number of rotatable bonds is 4. The minimum absolute atomic E-state index is 0.0557. The minimum atomic E-state index is -0.0557. The van der Waals surface area contributed by atoms with Gasteiger partial charge < -0.3 is 10.6 Å². The van der Waals surface area contributed by atoms with Crippen LogP contribution in [-0.2, 0) is 0 Å². The molecule has 1 aromatic rings. The maximum atomic E-state index is 11.9. The summed E-state index contributed by atoms with van der Waals surface area (Å²) < 4.78 is 0. The normalized spacial score (nSPS) is 19.8. The molecule has 1 amide bonds. The van der Waals surface area contributed by atoms with Crippen molar-refractivity contribution in [1.82, 2.24) is 15.3 Å². The molecule has 1 aromatic heterocycles. The highest BCUT2D eigenvalue weighted by Crippen LogP contribution is 2.22. The third-order valence-electron chi connectivity index (χ3n) is 3.51. The summed E-state index contributed by atoms with van der Waals surface area (Å²) in [5, 5.41) is 6.23. The second-order valence-corrected chi connectivity index (χ2v) is 5.17. The van der Waals surface area contributed by atoms with Crippen LogP contribution in [0.15, 0.2) is 12.4 Å². The number of nitrogens with zero attached hydrogens (tertiary/aromatic N) is 2. The van der Waals surface area contributed by atoms with E-state index in [0.717, 1.165) is 12.8 Å². The molecule has 5 nitrogen and oxygen atoms in total. The molecule has 2 aliphatic rings. The van der Waals surface area contributed by atoms with Gasteiger partial charge in [-0.15, -0.1) is 0 Å². The Kier molecular flexibility index (Phi) is 3.13. The van der Waals surface area contributed by atoms with E-state index in [9.17, 15) is 4.79 Å². The number of nitrogens with one attached hydrogen (secondary N) is 2. The van der Waals surface area contributed by atoms with Crippen molar-refractivity contribution in [3.05, 3.63) is 18.0 Å². The van der Waals surface area contributed by atoms with E-state index in [4.69, 9.17) is 0 Å². The maximum Gasteiger partial charge on any atom is 0.254 e. The van der Waals surface area contributed by atoms with E-state index in [1.165, 1.54) is 25.7 Å². The summed E-state index contributed by atoms with van der Waals surface area (Å²) in [6.07, 6.45) is 10.2. The smallest absolute Gasteiger partial charge is 0.254 e. The van der Waals surface area contributed by atoms with E-state index in [1.54, 1.807) is 12.4 Å². The van der Waals surface area contributed by atoms with E-state index in [2.05, 4.69) is 20.6 Å². The molecule has 96 valence electrons. The van der Waals surface area contributed by atoms with Gasteiger partial charge in [-0.2, -0.15) is 0 Å². The topological polar surface area (TPSA) is 66.9 Å². The van der Waals surface area contributed by atoms with Crippen LogP contribution >= 0.6 is 0 Å². The highest BCUT2D eigenvalue weighted by Gasteiger charge is 2.22. The first-order valence-electron chi connectivity index (χ1n) is 6.71. The second-order valence-electron chi connectivity index (χ2n) is 5.17. The van der Waals surface area contributed by atoms with Crippen molar-refractivity contribution in [2.24, 2.45) is 0 Å². The van der Waals surface area contributed by atoms with E-state index in [0.29, 0.717) is 23.6 Å². The molecule has 0 atom stereocenters. The zero-order valence-electron chi connectivity index (χ0n) is 10.4. The molecular formula is C13H18N4O. The molecule has 5 heteroatoms. The Morgan fingerprint density at radius 1 is 1.06 bits per heavy atom. The Morgan fingerprint density at radius 2 is 1.72 bits per heavy atom. The lowest BCUT2D eigenvalue weighted by Gasteiger charge is -2.11. The van der Waals surface area contributed by atoms with E-state index < -0.39 is 0 Å². The molecule has 1 heterocycles. The molecule has 0 aromatic carbocycles. The van der Waals surface area contributed by atoms with Crippen molar-refractivity contribution in [3.63, 3.8) is 0 Å². The maximum absolute atomic E-state index is 11.9. The highest BCUT2D eigenvalue weighted by molar-refractivity contribution is 5.93. The third kappa shape index (κ3) is 2.78. The minimum Gasteiger partial charge on any atom is -0.351 e. The number of amides is 1. The summed E-state index contributed by atoms with van der Waals surface area (Å²) >= 11 is 0. The fourth-order valence-electron chi connectivity index (χ4n) is 2.27. The van der Waals surface area contributed by atoms with Crippen LogP contribution < -0.4 is 10.6 Å². The zero-order valence-corrected chi connectivity index (χ0v) is 10.4. The quantitative estimate of drug-likeness (QED) is 0.849. The van der Waals surface area contributed by atoms with Crippen LogP contribution in [0.2, 0.25) is 0 Å². The van der Waals surface area contributed by atoms with Gasteiger partial charge in [0, 0.05) is 24.5 Å². The molecule has 18 heavy (non-hydrogen) atoms. The number of hydrogen-bond donors (Lipinski definition) is 2. The average molecular weight is 246 g/mol. The van der Waals surface area contributed by atoms with Crippen molar-refractivity contribution in [1.29, 1.82) is 0 Å². The van der Waals surface area contributed by atoms with Crippen LogP contribution in [0.4, 0.5) is 5.95 Å². The summed E-state index contributed by atoms with van der Waals surface area (Å²) in [5.74, 6) is 0.565. The summed E-state index contributed by atoms with van der Waals surface area (Å²) in [6.45, 7) is 0. The largest absolute Gasteiger partial charge is 0.351 e. The fraction of sp³-hybridized carbons (Fsp3) is 0.615. The predicted octanol–water partition coefficient (Wildman–Crippen LogP) is 1.72. The standard InChI is InChI=1S/C13H18N4O/c18-12(16-10-3-1-2-4-10)9-7-14-13(15-8-9)17-11-5-6-11/h7-8,10-11H,1-6H2,(H,16,18)(H,14,15,17). The Bertz CT molecular complexity index is 421. The highest BCUT2D eigenvalue weighted by atomic mass is 16.1. The third-order valence-corrected chi connectivity index (χ3v) is 3.51. The number of aromatic nitrogens is 2. The first-order valence-corrected chi connectivity index (χ1v) is 6.71. The van der Waals surface area contributed by atoms with Gasteiger partial charge in [0.1, 0.15) is 0 Å². The van der Waals surface area contributed by atoms with Gasteiger partial charge in [0.25, 0.3) is 5.91 Å². The first-order chi connectivity index (χ1) is 8.81. The summed E-state index contributed by atoms with van der Waals surface area (Å²) in [4.78, 5) is 20.3. The molecule has 0 aliphatic heterocycles. The van der Waals surface area contributed by atoms with Gasteiger partial charge in [0.15, 0.2) is 0 Å². The summed E-state index contributed by atoms with van der Waals surface area (Å²) in [5.41, 5.74) is 0.545. The van der Waals surface area contributed by atoms with Gasteiger partial charge in [0.05, 0.1) is 5.56 Å². The van der Waals surface area contributed by atoms with Gasteiger partial charge in [-0.05, 0) is 25.7 Å². The molecule has 2 fully saturated rings. The van der Waals surface area contributed by atoms with Crippen LogP contribution in [0.3, 0.4) is 0 Å². The van der Waals surface area contributed by atoms with Crippen LogP contribution in [0.25, 0.3) is 0 Å². The first kappa shape index (κ1) is 11.4. The Balaban J connectivity index is 1.58. The number of hydrogen-bond acceptors (Lipinski definition) is 4. The predicted molar refractivity (Wildman–Crippen MR) is 68.4 cm³/mol. The zero-order chi connectivity index (χ0) is 12.4. The van der Waals surface area contributed by atoms with E-state index >= 15 is 0 Å². The number of anilines is 1.